The highest BCUT2D eigenvalue weighted by atomic mass is 35.5. The minimum Gasteiger partial charge on any atom is -0.237 e. The molecule has 0 spiro atoms. The minimum absolute atomic E-state index is 0.400. The van der Waals surface area contributed by atoms with E-state index < -0.39 is 0 Å². The van der Waals surface area contributed by atoms with E-state index in [2.05, 4.69) is 11.2 Å². The fraction of sp³-hybridized carbons (Fsp3) is 0.0909. The molecule has 1 aromatic heterocycles. The second kappa shape index (κ2) is 4.16. The predicted octanol–water partition coefficient (Wildman–Crippen LogP) is 2.48. The molecule has 0 fully saturated rings. The second-order valence-electron chi connectivity index (χ2n) is 3.03. The van der Waals surface area contributed by atoms with Gasteiger partial charge in [-0.25, -0.2) is 4.68 Å². The topological polar surface area (TPSA) is 41.6 Å². The Morgan fingerprint density at radius 2 is 2.27 bits per heavy atom. The Balaban J connectivity index is 2.50. The van der Waals surface area contributed by atoms with Crippen LogP contribution in [0, 0.1) is 11.3 Å². The van der Waals surface area contributed by atoms with Crippen LogP contribution in [0.1, 0.15) is 11.3 Å². The number of aromatic nitrogens is 2. The summed E-state index contributed by atoms with van der Waals surface area (Å²) in [5.74, 6) is 0.400. The molecule has 0 aliphatic rings. The highest BCUT2D eigenvalue weighted by molar-refractivity contribution is 6.16. The molecule has 2 aromatic rings. The van der Waals surface area contributed by atoms with Crippen LogP contribution < -0.4 is 0 Å². The van der Waals surface area contributed by atoms with E-state index in [0.29, 0.717) is 11.4 Å². The summed E-state index contributed by atoms with van der Waals surface area (Å²) in [6.45, 7) is 0. The third kappa shape index (κ3) is 1.85. The van der Waals surface area contributed by atoms with Gasteiger partial charge < -0.3 is 0 Å². The molecule has 0 atom stereocenters. The lowest BCUT2D eigenvalue weighted by molar-refractivity contribution is 0.840. The van der Waals surface area contributed by atoms with Gasteiger partial charge in [0.15, 0.2) is 0 Å². The number of alkyl halides is 1. The molecule has 15 heavy (non-hydrogen) atoms. The minimum atomic E-state index is 0.400. The average molecular weight is 218 g/mol. The van der Waals surface area contributed by atoms with Crippen molar-refractivity contribution in [1.82, 2.24) is 9.78 Å². The molecule has 1 aromatic carbocycles. The normalized spacial score (nSPS) is 9.87. The van der Waals surface area contributed by atoms with Gasteiger partial charge in [-0.3, -0.25) is 0 Å². The van der Waals surface area contributed by atoms with Gasteiger partial charge in [0.25, 0.3) is 0 Å². The summed E-state index contributed by atoms with van der Waals surface area (Å²) in [5, 5.41) is 12.9. The first-order chi connectivity index (χ1) is 7.35. The highest BCUT2D eigenvalue weighted by Crippen LogP contribution is 2.13. The first kappa shape index (κ1) is 9.75. The van der Waals surface area contributed by atoms with Crippen molar-refractivity contribution >= 4 is 11.6 Å². The Hall–Kier alpha value is -1.79. The fourth-order valence-electron chi connectivity index (χ4n) is 1.37. The van der Waals surface area contributed by atoms with Gasteiger partial charge in [-0.2, -0.15) is 10.4 Å². The standard InChI is InChI=1S/C11H8ClN3/c12-7-11-4-5-14-15(11)10-3-1-2-9(6-10)8-13/h1-6H,7H2. The van der Waals surface area contributed by atoms with Crippen molar-refractivity contribution in [2.45, 2.75) is 5.88 Å². The van der Waals surface area contributed by atoms with Gasteiger partial charge in [0.2, 0.25) is 0 Å². The molecule has 3 nitrogen and oxygen atoms in total. The zero-order valence-corrected chi connectivity index (χ0v) is 8.65. The zero-order valence-electron chi connectivity index (χ0n) is 7.89. The second-order valence-corrected chi connectivity index (χ2v) is 3.30. The van der Waals surface area contributed by atoms with Crippen molar-refractivity contribution in [2.24, 2.45) is 0 Å². The maximum Gasteiger partial charge on any atom is 0.0992 e. The van der Waals surface area contributed by atoms with Gasteiger partial charge in [0.05, 0.1) is 28.9 Å². The van der Waals surface area contributed by atoms with E-state index in [0.717, 1.165) is 11.4 Å². The Morgan fingerprint density at radius 1 is 1.40 bits per heavy atom. The lowest BCUT2D eigenvalue weighted by Gasteiger charge is -2.04. The molecule has 0 aliphatic carbocycles. The first-order valence-electron chi connectivity index (χ1n) is 4.44. The number of halogens is 1. The molecule has 1 heterocycles. The van der Waals surface area contributed by atoms with E-state index >= 15 is 0 Å². The van der Waals surface area contributed by atoms with Crippen molar-refractivity contribution in [3.63, 3.8) is 0 Å². The van der Waals surface area contributed by atoms with E-state index in [-0.39, 0.29) is 0 Å². The van der Waals surface area contributed by atoms with Gasteiger partial charge in [0.1, 0.15) is 0 Å². The molecular formula is C11H8ClN3. The van der Waals surface area contributed by atoms with Gasteiger partial charge in [-0.1, -0.05) is 6.07 Å². The van der Waals surface area contributed by atoms with Crippen molar-refractivity contribution in [2.75, 3.05) is 0 Å². The summed E-state index contributed by atoms with van der Waals surface area (Å²) < 4.78 is 1.73. The predicted molar refractivity (Wildman–Crippen MR) is 57.8 cm³/mol. The van der Waals surface area contributed by atoms with Crippen LogP contribution in [0.3, 0.4) is 0 Å². The van der Waals surface area contributed by atoms with E-state index in [1.807, 2.05) is 18.2 Å². The molecule has 0 bridgehead atoms. The summed E-state index contributed by atoms with van der Waals surface area (Å²) in [4.78, 5) is 0. The van der Waals surface area contributed by atoms with Gasteiger partial charge in [0, 0.05) is 6.20 Å². The third-order valence-corrected chi connectivity index (χ3v) is 2.35. The molecule has 0 amide bonds. The Kier molecular flexibility index (Phi) is 2.70. The van der Waals surface area contributed by atoms with Crippen LogP contribution in [0.25, 0.3) is 5.69 Å². The number of nitriles is 1. The molecule has 4 heteroatoms. The van der Waals surface area contributed by atoms with Crippen molar-refractivity contribution < 1.29 is 0 Å². The van der Waals surface area contributed by atoms with E-state index in [4.69, 9.17) is 16.9 Å². The molecular weight excluding hydrogens is 210 g/mol. The number of hydrogen-bond donors (Lipinski definition) is 0. The van der Waals surface area contributed by atoms with E-state index in [1.54, 1.807) is 23.0 Å². The number of hydrogen-bond acceptors (Lipinski definition) is 2. The van der Waals surface area contributed by atoms with Crippen LogP contribution in [0.4, 0.5) is 0 Å². The molecule has 0 saturated heterocycles. The van der Waals surface area contributed by atoms with Crippen LogP contribution in [0.15, 0.2) is 36.5 Å². The van der Waals surface area contributed by atoms with Crippen molar-refractivity contribution in [3.8, 4) is 11.8 Å². The number of nitrogens with zero attached hydrogens (tertiary/aromatic N) is 3. The summed E-state index contributed by atoms with van der Waals surface area (Å²) >= 11 is 5.77. The monoisotopic (exact) mass is 217 g/mol. The zero-order chi connectivity index (χ0) is 10.7. The van der Waals surface area contributed by atoms with Crippen LogP contribution in [-0.4, -0.2) is 9.78 Å². The molecule has 0 unspecified atom stereocenters. The Labute approximate surface area is 92.5 Å². The van der Waals surface area contributed by atoms with Crippen LogP contribution >= 0.6 is 11.6 Å². The van der Waals surface area contributed by atoms with E-state index in [1.165, 1.54) is 0 Å². The Bertz CT molecular complexity index is 511. The largest absolute Gasteiger partial charge is 0.237 e. The summed E-state index contributed by atoms with van der Waals surface area (Å²) in [7, 11) is 0. The maximum atomic E-state index is 8.78. The summed E-state index contributed by atoms with van der Waals surface area (Å²) in [6.07, 6.45) is 1.69. The lowest BCUT2D eigenvalue weighted by atomic mass is 10.2. The fourth-order valence-corrected chi connectivity index (χ4v) is 1.57. The SMILES string of the molecule is N#Cc1cccc(-n2nccc2CCl)c1. The van der Waals surface area contributed by atoms with Crippen LogP contribution in [-0.2, 0) is 5.88 Å². The molecule has 0 saturated carbocycles. The molecule has 74 valence electrons. The number of benzene rings is 1. The quantitative estimate of drug-likeness (QED) is 0.726. The van der Waals surface area contributed by atoms with Gasteiger partial charge in [-0.15, -0.1) is 11.6 Å². The lowest BCUT2D eigenvalue weighted by Crippen LogP contribution is -2.00. The summed E-state index contributed by atoms with van der Waals surface area (Å²) in [5.41, 5.74) is 2.38. The van der Waals surface area contributed by atoms with Crippen molar-refractivity contribution in [3.05, 3.63) is 47.8 Å². The van der Waals surface area contributed by atoms with Crippen LogP contribution in [0.2, 0.25) is 0 Å². The Morgan fingerprint density at radius 3 is 3.00 bits per heavy atom. The average Bonchev–Trinajstić information content (AvgIpc) is 2.77. The molecule has 2 rings (SSSR count). The van der Waals surface area contributed by atoms with E-state index in [9.17, 15) is 0 Å². The van der Waals surface area contributed by atoms with Crippen LogP contribution in [0.5, 0.6) is 0 Å². The van der Waals surface area contributed by atoms with Crippen molar-refractivity contribution in [1.29, 1.82) is 5.26 Å². The highest BCUT2D eigenvalue weighted by Gasteiger charge is 2.03. The molecule has 0 radical (unpaired) electrons. The maximum absolute atomic E-state index is 8.78. The first-order valence-corrected chi connectivity index (χ1v) is 4.98. The third-order valence-electron chi connectivity index (χ3n) is 2.08. The smallest absolute Gasteiger partial charge is 0.0992 e. The number of rotatable bonds is 2. The molecule has 0 N–H and O–H groups in total. The molecule has 0 aliphatic heterocycles. The van der Waals surface area contributed by atoms with Gasteiger partial charge in [-0.05, 0) is 24.3 Å². The van der Waals surface area contributed by atoms with Gasteiger partial charge >= 0.3 is 0 Å². The summed E-state index contributed by atoms with van der Waals surface area (Å²) in [6, 6.07) is 11.2.